The predicted molar refractivity (Wildman–Crippen MR) is 135 cm³/mol. The van der Waals surface area contributed by atoms with E-state index < -0.39 is 21.7 Å². The minimum absolute atomic E-state index is 0.00502. The molecule has 3 N–H and O–H groups in total. The molecule has 0 saturated carbocycles. The monoisotopic (exact) mass is 524 g/mol. The van der Waals surface area contributed by atoms with Crippen molar-refractivity contribution in [3.8, 4) is 16.9 Å². The number of hydrogen-bond acceptors (Lipinski definition) is 6. The fraction of sp³-hybridized carbons (Fsp3) is 0.292. The Bertz CT molecular complexity index is 1270. The Hall–Kier alpha value is -2.95. The van der Waals surface area contributed by atoms with Gasteiger partial charge < -0.3 is 15.4 Å². The van der Waals surface area contributed by atoms with Crippen molar-refractivity contribution in [3.05, 3.63) is 70.9 Å². The SMILES string of the molecule is CCN(CC)CCS(=O)(=O)Nc1ccc(-c2cnc(N)c(OCc3c(F)ccc(F)c3Cl)c2)cc1. The number of ether oxygens (including phenoxy) is 1. The summed E-state index contributed by atoms with van der Waals surface area (Å²) in [5.41, 5.74) is 7.55. The molecule has 35 heavy (non-hydrogen) atoms. The van der Waals surface area contributed by atoms with Crippen LogP contribution in [0.25, 0.3) is 11.1 Å². The predicted octanol–water partition coefficient (Wildman–Crippen LogP) is 4.92. The molecule has 1 aromatic heterocycles. The summed E-state index contributed by atoms with van der Waals surface area (Å²) in [4.78, 5) is 6.14. The molecule has 0 unspecified atom stereocenters. The fourth-order valence-electron chi connectivity index (χ4n) is 3.33. The summed E-state index contributed by atoms with van der Waals surface area (Å²) in [5.74, 6) is -1.22. The lowest BCUT2D eigenvalue weighted by Crippen LogP contribution is -2.31. The lowest BCUT2D eigenvalue weighted by Gasteiger charge is -2.18. The zero-order valence-corrected chi connectivity index (χ0v) is 21.0. The third-order valence-electron chi connectivity index (χ3n) is 5.45. The molecule has 0 radical (unpaired) electrons. The highest BCUT2D eigenvalue weighted by Gasteiger charge is 2.15. The molecule has 1 heterocycles. The number of aromatic nitrogens is 1. The van der Waals surface area contributed by atoms with E-state index in [1.54, 1.807) is 30.3 Å². The van der Waals surface area contributed by atoms with Gasteiger partial charge in [-0.25, -0.2) is 22.2 Å². The highest BCUT2D eigenvalue weighted by Crippen LogP contribution is 2.30. The van der Waals surface area contributed by atoms with Crippen LogP contribution < -0.4 is 15.2 Å². The Morgan fingerprint density at radius 3 is 2.37 bits per heavy atom. The second-order valence-corrected chi connectivity index (χ2v) is 9.96. The van der Waals surface area contributed by atoms with Gasteiger partial charge in [0.1, 0.15) is 18.2 Å². The molecular formula is C24H27ClF2N4O3S. The third kappa shape index (κ3) is 7.03. The van der Waals surface area contributed by atoms with Gasteiger partial charge in [0.2, 0.25) is 10.0 Å². The van der Waals surface area contributed by atoms with Crippen molar-refractivity contribution in [2.75, 3.05) is 35.8 Å². The average Bonchev–Trinajstić information content (AvgIpc) is 2.83. The third-order valence-corrected chi connectivity index (χ3v) is 7.13. The first kappa shape index (κ1) is 26.7. The number of sulfonamides is 1. The lowest BCUT2D eigenvalue weighted by atomic mass is 10.1. The van der Waals surface area contributed by atoms with Crippen LogP contribution in [0.3, 0.4) is 0 Å². The van der Waals surface area contributed by atoms with Crippen LogP contribution in [-0.2, 0) is 16.6 Å². The van der Waals surface area contributed by atoms with Gasteiger partial charge in [-0.3, -0.25) is 4.72 Å². The number of anilines is 2. The van der Waals surface area contributed by atoms with Crippen molar-refractivity contribution in [2.45, 2.75) is 20.5 Å². The Morgan fingerprint density at radius 2 is 1.71 bits per heavy atom. The van der Waals surface area contributed by atoms with Crippen LogP contribution in [0.4, 0.5) is 20.3 Å². The van der Waals surface area contributed by atoms with Gasteiger partial charge >= 0.3 is 0 Å². The number of pyridine rings is 1. The number of rotatable bonds is 11. The maximum atomic E-state index is 14.0. The molecule has 2 aromatic carbocycles. The first-order valence-corrected chi connectivity index (χ1v) is 13.0. The van der Waals surface area contributed by atoms with E-state index in [9.17, 15) is 17.2 Å². The van der Waals surface area contributed by atoms with Gasteiger partial charge in [0.15, 0.2) is 11.6 Å². The van der Waals surface area contributed by atoms with Crippen LogP contribution in [0.5, 0.6) is 5.75 Å². The average molecular weight is 525 g/mol. The Morgan fingerprint density at radius 1 is 1.06 bits per heavy atom. The number of hydrogen-bond donors (Lipinski definition) is 2. The quantitative estimate of drug-likeness (QED) is 0.345. The summed E-state index contributed by atoms with van der Waals surface area (Å²) in [5, 5.41) is -0.358. The van der Waals surface area contributed by atoms with Gasteiger partial charge in [0, 0.05) is 29.6 Å². The van der Waals surface area contributed by atoms with Gasteiger partial charge in [0.05, 0.1) is 10.8 Å². The minimum Gasteiger partial charge on any atom is -0.485 e. The molecule has 0 saturated heterocycles. The van der Waals surface area contributed by atoms with Gasteiger partial charge in [0.25, 0.3) is 0 Å². The molecule has 0 aliphatic carbocycles. The zero-order valence-electron chi connectivity index (χ0n) is 19.4. The van der Waals surface area contributed by atoms with E-state index in [0.29, 0.717) is 17.8 Å². The molecule has 3 rings (SSSR count). The van der Waals surface area contributed by atoms with E-state index in [4.69, 9.17) is 22.1 Å². The summed E-state index contributed by atoms with van der Waals surface area (Å²) in [6.45, 7) is 5.65. The Balaban J connectivity index is 1.71. The molecule has 11 heteroatoms. The molecule has 3 aromatic rings. The molecule has 0 aliphatic rings. The highest BCUT2D eigenvalue weighted by molar-refractivity contribution is 7.92. The summed E-state index contributed by atoms with van der Waals surface area (Å²) >= 11 is 5.85. The number of nitrogens with zero attached hydrogens (tertiary/aromatic N) is 2. The highest BCUT2D eigenvalue weighted by atomic mass is 35.5. The van der Waals surface area contributed by atoms with Crippen molar-refractivity contribution in [1.82, 2.24) is 9.88 Å². The number of halogens is 3. The first-order chi connectivity index (χ1) is 16.6. The minimum atomic E-state index is -3.49. The molecule has 0 bridgehead atoms. The zero-order chi connectivity index (χ0) is 25.6. The number of nitrogens with two attached hydrogens (primary N) is 1. The smallest absolute Gasteiger partial charge is 0.233 e. The summed E-state index contributed by atoms with van der Waals surface area (Å²) < 4.78 is 60.6. The standard InChI is InChI=1S/C24H27ClF2N4O3S/c1-3-31(4-2)11-12-35(32,33)30-18-7-5-16(6-8-18)17-13-22(24(28)29-14-17)34-15-19-20(26)9-10-21(27)23(19)25/h5-10,13-14,30H,3-4,11-12,15H2,1-2H3,(H2,28,29). The molecule has 7 nitrogen and oxygen atoms in total. The largest absolute Gasteiger partial charge is 0.485 e. The second-order valence-electron chi connectivity index (χ2n) is 7.74. The van der Waals surface area contributed by atoms with E-state index in [-0.39, 0.29) is 34.5 Å². The number of nitrogen functional groups attached to an aromatic ring is 1. The fourth-order valence-corrected chi connectivity index (χ4v) is 4.63. The molecule has 0 fully saturated rings. The van der Waals surface area contributed by atoms with Crippen molar-refractivity contribution in [1.29, 1.82) is 0 Å². The van der Waals surface area contributed by atoms with Crippen molar-refractivity contribution < 1.29 is 21.9 Å². The normalized spacial score (nSPS) is 11.6. The maximum absolute atomic E-state index is 14.0. The van der Waals surface area contributed by atoms with Crippen LogP contribution in [0, 0.1) is 11.6 Å². The number of benzene rings is 2. The second kappa shape index (κ2) is 11.7. The van der Waals surface area contributed by atoms with Crippen molar-refractivity contribution >= 4 is 33.1 Å². The Kier molecular flexibility index (Phi) is 8.87. The molecular weight excluding hydrogens is 498 g/mol. The van der Waals surface area contributed by atoms with Gasteiger partial charge in [-0.05, 0) is 49.0 Å². The first-order valence-electron chi connectivity index (χ1n) is 11.0. The maximum Gasteiger partial charge on any atom is 0.233 e. The van der Waals surface area contributed by atoms with Crippen LogP contribution in [0.1, 0.15) is 19.4 Å². The summed E-state index contributed by atoms with van der Waals surface area (Å²) in [6.07, 6.45) is 1.53. The van der Waals surface area contributed by atoms with E-state index in [0.717, 1.165) is 30.8 Å². The van der Waals surface area contributed by atoms with E-state index in [1.165, 1.54) is 6.20 Å². The van der Waals surface area contributed by atoms with Gasteiger partial charge in [-0.2, -0.15) is 0 Å². The lowest BCUT2D eigenvalue weighted by molar-refractivity contribution is 0.300. The summed E-state index contributed by atoms with van der Waals surface area (Å²) in [7, 11) is -3.49. The molecule has 0 atom stereocenters. The topological polar surface area (TPSA) is 97.6 Å². The van der Waals surface area contributed by atoms with Crippen LogP contribution in [-0.4, -0.2) is 43.7 Å². The number of nitrogens with one attached hydrogen (secondary N) is 1. The molecule has 188 valence electrons. The van der Waals surface area contributed by atoms with Crippen LogP contribution >= 0.6 is 11.6 Å². The van der Waals surface area contributed by atoms with Crippen LogP contribution in [0.15, 0.2) is 48.7 Å². The molecule has 0 spiro atoms. The Labute approximate surface area is 208 Å². The van der Waals surface area contributed by atoms with Gasteiger partial charge in [-0.15, -0.1) is 0 Å². The molecule has 0 amide bonds. The van der Waals surface area contributed by atoms with Crippen molar-refractivity contribution in [3.63, 3.8) is 0 Å². The van der Waals surface area contributed by atoms with E-state index >= 15 is 0 Å². The van der Waals surface area contributed by atoms with E-state index in [2.05, 4.69) is 9.71 Å². The van der Waals surface area contributed by atoms with Crippen LogP contribution in [0.2, 0.25) is 5.02 Å². The molecule has 0 aliphatic heterocycles. The van der Waals surface area contributed by atoms with E-state index in [1.807, 2.05) is 18.7 Å². The summed E-state index contributed by atoms with van der Waals surface area (Å²) in [6, 6.07) is 10.2. The van der Waals surface area contributed by atoms with Gasteiger partial charge in [-0.1, -0.05) is 37.6 Å². The van der Waals surface area contributed by atoms with Crippen molar-refractivity contribution in [2.24, 2.45) is 0 Å².